The molecule has 0 bridgehead atoms. The Morgan fingerprint density at radius 3 is 2.23 bits per heavy atom. The topological polar surface area (TPSA) is 90.5 Å². The SMILES string of the molecule is CN1CCN(c2ccc(CN=C(N)N3CCN(C(=O)OC(C)(C)C)CC3)cn2)CC1.I. The first kappa shape index (κ1) is 25.4. The van der Waals surface area contributed by atoms with Crippen molar-refractivity contribution in [2.45, 2.75) is 32.9 Å². The molecule has 2 fully saturated rings. The third-order valence-electron chi connectivity index (χ3n) is 5.32. The fraction of sp³-hybridized carbons (Fsp3) is 0.667. The van der Waals surface area contributed by atoms with Crippen molar-refractivity contribution in [2.24, 2.45) is 10.7 Å². The molecule has 174 valence electrons. The number of pyridine rings is 1. The standard InChI is InChI=1S/C21H35N7O2.HI/c1-21(2,3)30-20(29)28-13-11-27(12-14-28)19(22)24-16-17-5-6-18(23-15-17)26-9-7-25(4)8-10-26;/h5-6,15H,7-14,16H2,1-4H3,(H2,22,24);1H. The molecule has 2 aliphatic heterocycles. The number of carbonyl (C=O) groups excluding carboxylic acids is 1. The molecule has 0 unspecified atom stereocenters. The van der Waals surface area contributed by atoms with E-state index in [1.165, 1.54) is 0 Å². The summed E-state index contributed by atoms with van der Waals surface area (Å²) in [6, 6.07) is 4.13. The lowest BCUT2D eigenvalue weighted by atomic mass is 10.2. The van der Waals surface area contributed by atoms with Gasteiger partial charge in [0.05, 0.1) is 6.54 Å². The lowest BCUT2D eigenvalue weighted by Crippen LogP contribution is -2.53. The molecule has 0 saturated carbocycles. The Morgan fingerprint density at radius 2 is 1.68 bits per heavy atom. The van der Waals surface area contributed by atoms with Crippen LogP contribution in [-0.4, -0.2) is 96.7 Å². The van der Waals surface area contributed by atoms with E-state index in [9.17, 15) is 4.79 Å². The summed E-state index contributed by atoms with van der Waals surface area (Å²) in [7, 11) is 2.15. The van der Waals surface area contributed by atoms with E-state index in [1.54, 1.807) is 4.90 Å². The highest BCUT2D eigenvalue weighted by molar-refractivity contribution is 14.0. The molecule has 0 aliphatic carbocycles. The van der Waals surface area contributed by atoms with Crippen LogP contribution in [0.25, 0.3) is 0 Å². The number of carbonyl (C=O) groups is 1. The third-order valence-corrected chi connectivity index (χ3v) is 5.32. The van der Waals surface area contributed by atoms with Crippen molar-refractivity contribution in [3.63, 3.8) is 0 Å². The van der Waals surface area contributed by atoms with E-state index in [-0.39, 0.29) is 30.1 Å². The summed E-state index contributed by atoms with van der Waals surface area (Å²) in [5.74, 6) is 1.52. The normalized spacial score (nSPS) is 18.6. The number of nitrogens with two attached hydrogens (primary N) is 1. The Balaban J connectivity index is 0.00000341. The molecule has 9 nitrogen and oxygen atoms in total. The van der Waals surface area contributed by atoms with Crippen LogP contribution < -0.4 is 10.6 Å². The van der Waals surface area contributed by atoms with Gasteiger partial charge in [0.2, 0.25) is 0 Å². The Morgan fingerprint density at radius 1 is 1.06 bits per heavy atom. The molecular formula is C21H36IN7O2. The molecule has 1 aromatic heterocycles. The van der Waals surface area contributed by atoms with Crippen LogP contribution in [0.15, 0.2) is 23.3 Å². The minimum atomic E-state index is -0.483. The van der Waals surface area contributed by atoms with Gasteiger partial charge in [0, 0.05) is 58.6 Å². The molecule has 0 radical (unpaired) electrons. The highest BCUT2D eigenvalue weighted by atomic mass is 127. The second kappa shape index (κ2) is 11.2. The lowest BCUT2D eigenvalue weighted by molar-refractivity contribution is 0.0186. The highest BCUT2D eigenvalue weighted by Crippen LogP contribution is 2.15. The summed E-state index contributed by atoms with van der Waals surface area (Å²) in [4.78, 5) is 29.7. The molecule has 31 heavy (non-hydrogen) atoms. The summed E-state index contributed by atoms with van der Waals surface area (Å²) in [5, 5.41) is 0. The molecule has 2 aliphatic rings. The predicted octanol–water partition coefficient (Wildman–Crippen LogP) is 1.82. The van der Waals surface area contributed by atoms with Gasteiger partial charge in [0.25, 0.3) is 0 Å². The zero-order chi connectivity index (χ0) is 21.7. The molecule has 0 spiro atoms. The number of amides is 1. The minimum absolute atomic E-state index is 0. The van der Waals surface area contributed by atoms with Gasteiger partial charge in [0.1, 0.15) is 11.4 Å². The Hall–Kier alpha value is -1.82. The molecule has 2 N–H and O–H groups in total. The van der Waals surface area contributed by atoms with E-state index < -0.39 is 5.60 Å². The number of aliphatic imine (C=N–C) groups is 1. The number of halogens is 1. The zero-order valence-electron chi connectivity index (χ0n) is 19.1. The number of hydrogen-bond acceptors (Lipinski definition) is 6. The molecule has 0 atom stereocenters. The maximum atomic E-state index is 12.2. The van der Waals surface area contributed by atoms with Crippen LogP contribution in [0.1, 0.15) is 26.3 Å². The van der Waals surface area contributed by atoms with E-state index in [0.29, 0.717) is 38.7 Å². The number of rotatable bonds is 3. The smallest absolute Gasteiger partial charge is 0.410 e. The summed E-state index contributed by atoms with van der Waals surface area (Å²) >= 11 is 0. The second-order valence-electron chi connectivity index (χ2n) is 8.94. The molecule has 10 heteroatoms. The van der Waals surface area contributed by atoms with Crippen LogP contribution >= 0.6 is 24.0 Å². The van der Waals surface area contributed by atoms with Gasteiger partial charge >= 0.3 is 6.09 Å². The lowest BCUT2D eigenvalue weighted by Gasteiger charge is -2.36. The molecule has 1 aromatic rings. The van der Waals surface area contributed by atoms with Gasteiger partial charge in [-0.05, 0) is 39.4 Å². The largest absolute Gasteiger partial charge is 0.444 e. The molecule has 0 aromatic carbocycles. The number of ether oxygens (including phenoxy) is 1. The average molecular weight is 545 g/mol. The van der Waals surface area contributed by atoms with E-state index >= 15 is 0 Å². The van der Waals surface area contributed by atoms with Crippen LogP contribution in [0.3, 0.4) is 0 Å². The second-order valence-corrected chi connectivity index (χ2v) is 8.94. The first-order valence-electron chi connectivity index (χ1n) is 10.6. The summed E-state index contributed by atoms with van der Waals surface area (Å²) in [6.07, 6.45) is 1.61. The van der Waals surface area contributed by atoms with Crippen LogP contribution in [0.2, 0.25) is 0 Å². The van der Waals surface area contributed by atoms with Crippen molar-refractivity contribution >= 4 is 41.8 Å². The quantitative estimate of drug-likeness (QED) is 0.352. The Labute approximate surface area is 202 Å². The fourth-order valence-electron chi connectivity index (χ4n) is 3.45. The van der Waals surface area contributed by atoms with Crippen LogP contribution in [0.5, 0.6) is 0 Å². The number of hydrogen-bond donors (Lipinski definition) is 1. The van der Waals surface area contributed by atoms with E-state index in [4.69, 9.17) is 10.5 Å². The van der Waals surface area contributed by atoms with Crippen molar-refractivity contribution in [3.05, 3.63) is 23.9 Å². The van der Waals surface area contributed by atoms with Gasteiger partial charge in [-0.3, -0.25) is 0 Å². The van der Waals surface area contributed by atoms with E-state index in [2.05, 4.69) is 39.0 Å². The number of aromatic nitrogens is 1. The van der Waals surface area contributed by atoms with Gasteiger partial charge in [0.15, 0.2) is 5.96 Å². The van der Waals surface area contributed by atoms with Crippen LogP contribution in [-0.2, 0) is 11.3 Å². The minimum Gasteiger partial charge on any atom is -0.444 e. The summed E-state index contributed by atoms with van der Waals surface area (Å²) in [6.45, 7) is 12.7. The summed E-state index contributed by atoms with van der Waals surface area (Å²) in [5.41, 5.74) is 6.73. The Bertz CT molecular complexity index is 735. The van der Waals surface area contributed by atoms with Crippen molar-refractivity contribution in [2.75, 3.05) is 64.3 Å². The first-order valence-corrected chi connectivity index (χ1v) is 10.6. The molecule has 1 amide bonds. The first-order chi connectivity index (χ1) is 14.2. The van der Waals surface area contributed by atoms with Crippen molar-refractivity contribution in [1.82, 2.24) is 19.7 Å². The maximum Gasteiger partial charge on any atom is 0.410 e. The average Bonchev–Trinajstić information content (AvgIpc) is 2.72. The third kappa shape index (κ3) is 7.67. The predicted molar refractivity (Wildman–Crippen MR) is 134 cm³/mol. The molecular weight excluding hydrogens is 509 g/mol. The maximum absolute atomic E-state index is 12.2. The van der Waals surface area contributed by atoms with Crippen LogP contribution in [0.4, 0.5) is 10.6 Å². The van der Waals surface area contributed by atoms with Crippen molar-refractivity contribution in [3.8, 4) is 0 Å². The monoisotopic (exact) mass is 545 g/mol. The molecule has 3 rings (SSSR count). The van der Waals surface area contributed by atoms with E-state index in [1.807, 2.05) is 31.9 Å². The zero-order valence-corrected chi connectivity index (χ0v) is 21.4. The number of piperazine rings is 2. The Kier molecular flexibility index (Phi) is 9.16. The number of likely N-dealkylation sites (N-methyl/N-ethyl adjacent to an activating group) is 1. The van der Waals surface area contributed by atoms with Gasteiger partial charge in [-0.25, -0.2) is 14.8 Å². The summed E-state index contributed by atoms with van der Waals surface area (Å²) < 4.78 is 5.43. The van der Waals surface area contributed by atoms with Crippen molar-refractivity contribution < 1.29 is 9.53 Å². The molecule has 2 saturated heterocycles. The number of anilines is 1. The van der Waals surface area contributed by atoms with Crippen LogP contribution in [0, 0.1) is 0 Å². The highest BCUT2D eigenvalue weighted by Gasteiger charge is 2.26. The fourth-order valence-corrected chi connectivity index (χ4v) is 3.45. The number of nitrogens with zero attached hydrogens (tertiary/aromatic N) is 6. The van der Waals surface area contributed by atoms with Gasteiger partial charge in [-0.15, -0.1) is 24.0 Å². The van der Waals surface area contributed by atoms with Crippen molar-refractivity contribution in [1.29, 1.82) is 0 Å². The van der Waals surface area contributed by atoms with E-state index in [0.717, 1.165) is 37.6 Å². The van der Waals surface area contributed by atoms with Gasteiger partial charge in [-0.1, -0.05) is 6.07 Å². The van der Waals surface area contributed by atoms with Gasteiger partial charge < -0.3 is 30.1 Å². The van der Waals surface area contributed by atoms with Gasteiger partial charge in [-0.2, -0.15) is 0 Å². The number of guanidine groups is 1. The molecule has 3 heterocycles.